The van der Waals surface area contributed by atoms with Crippen LogP contribution in [0.25, 0.3) is 0 Å². The molecule has 1 saturated carbocycles. The van der Waals surface area contributed by atoms with Crippen LogP contribution in [0.3, 0.4) is 0 Å². The predicted octanol–water partition coefficient (Wildman–Crippen LogP) is 15.7. The molecule has 2 unspecified atom stereocenters. The molecule has 1 aliphatic carbocycles. The van der Waals surface area contributed by atoms with Crippen molar-refractivity contribution in [2.24, 2.45) is 11.8 Å². The van der Waals surface area contributed by atoms with Crippen molar-refractivity contribution in [3.63, 3.8) is 0 Å². The Kier molecular flexibility index (Phi) is 40.8. The molecule has 7 nitrogen and oxygen atoms in total. The highest BCUT2D eigenvalue weighted by atomic mass is 16.5. The number of carbonyl (C=O) groups is 3. The molecule has 0 N–H and O–H groups in total. The molecule has 1 rings (SSSR count). The average molecular weight is 875 g/mol. The zero-order valence-corrected chi connectivity index (χ0v) is 42.3. The van der Waals surface area contributed by atoms with Crippen LogP contribution in [0.4, 0.5) is 0 Å². The number of hydrogen-bond donors (Lipinski definition) is 0. The summed E-state index contributed by atoms with van der Waals surface area (Å²) in [4.78, 5) is 43.1. The molecule has 1 amide bonds. The van der Waals surface area contributed by atoms with Gasteiger partial charge in [0.1, 0.15) is 0 Å². The monoisotopic (exact) mass is 875 g/mol. The van der Waals surface area contributed by atoms with Gasteiger partial charge in [-0.2, -0.15) is 0 Å². The fourth-order valence-electron chi connectivity index (χ4n) is 9.26. The van der Waals surface area contributed by atoms with Gasteiger partial charge in [0.05, 0.1) is 13.2 Å². The molecule has 2 atom stereocenters. The Labute approximate surface area is 386 Å². The third-order valence-corrected chi connectivity index (χ3v) is 13.8. The summed E-state index contributed by atoms with van der Waals surface area (Å²) in [6.45, 7) is 16.3. The van der Waals surface area contributed by atoms with Gasteiger partial charge in [-0.15, -0.1) is 0 Å². The molecule has 0 spiro atoms. The largest absolute Gasteiger partial charge is 0.465 e. The topological polar surface area (TPSA) is 76.2 Å². The van der Waals surface area contributed by atoms with Crippen LogP contribution in [-0.4, -0.2) is 73.1 Å². The number of esters is 2. The molecule has 0 aromatic heterocycles. The summed E-state index contributed by atoms with van der Waals surface area (Å²) < 4.78 is 11.8. The fraction of sp³-hybridized carbons (Fsp3) is 0.945. The molecule has 0 aliphatic heterocycles. The van der Waals surface area contributed by atoms with Crippen LogP contribution in [-0.2, 0) is 23.9 Å². The van der Waals surface area contributed by atoms with Gasteiger partial charge in [-0.25, -0.2) is 0 Å². The van der Waals surface area contributed by atoms with Crippen LogP contribution in [0.1, 0.15) is 279 Å². The summed E-state index contributed by atoms with van der Waals surface area (Å²) in [6, 6.07) is 0.464. The Morgan fingerprint density at radius 3 is 1.15 bits per heavy atom. The highest BCUT2D eigenvalue weighted by Gasteiger charge is 2.27. The molecule has 0 aromatic carbocycles. The van der Waals surface area contributed by atoms with E-state index in [0.29, 0.717) is 56.3 Å². The van der Waals surface area contributed by atoms with E-state index < -0.39 is 0 Å². The number of rotatable bonds is 47. The van der Waals surface area contributed by atoms with E-state index in [-0.39, 0.29) is 11.9 Å². The Morgan fingerprint density at radius 1 is 0.435 bits per heavy atom. The smallest absolute Gasteiger partial charge is 0.305 e. The number of ether oxygens (including phenoxy) is 2. The minimum Gasteiger partial charge on any atom is -0.465 e. The Morgan fingerprint density at radius 2 is 0.774 bits per heavy atom. The van der Waals surface area contributed by atoms with Crippen molar-refractivity contribution < 1.29 is 23.9 Å². The van der Waals surface area contributed by atoms with Gasteiger partial charge in [0.15, 0.2) is 0 Å². The first-order chi connectivity index (χ1) is 30.4. The molecule has 366 valence electrons. The number of hydrogen-bond acceptors (Lipinski definition) is 6. The van der Waals surface area contributed by atoms with E-state index in [1.54, 1.807) is 0 Å². The molecule has 0 radical (unpaired) electrons. The van der Waals surface area contributed by atoms with E-state index in [0.717, 1.165) is 90.4 Å². The zero-order valence-electron chi connectivity index (χ0n) is 42.3. The summed E-state index contributed by atoms with van der Waals surface area (Å²) in [7, 11) is 0. The van der Waals surface area contributed by atoms with Gasteiger partial charge < -0.3 is 19.3 Å². The maximum atomic E-state index is 12.8. The molecule has 7 heteroatoms. The van der Waals surface area contributed by atoms with E-state index in [1.165, 1.54) is 161 Å². The fourth-order valence-corrected chi connectivity index (χ4v) is 9.26. The lowest BCUT2D eigenvalue weighted by Crippen LogP contribution is -2.44. The Hall–Kier alpha value is -1.63. The lowest BCUT2D eigenvalue weighted by Gasteiger charge is -2.37. The van der Waals surface area contributed by atoms with E-state index in [2.05, 4.69) is 37.5 Å². The van der Waals surface area contributed by atoms with Crippen LogP contribution in [0.15, 0.2) is 0 Å². The summed E-state index contributed by atoms with van der Waals surface area (Å²) in [5.41, 5.74) is 0. The molecule has 1 fully saturated rings. The molecular formula is C55H106N2O5. The van der Waals surface area contributed by atoms with Crippen molar-refractivity contribution in [1.29, 1.82) is 0 Å². The van der Waals surface area contributed by atoms with Crippen molar-refractivity contribution >= 4 is 17.8 Å². The molecule has 0 saturated heterocycles. The van der Waals surface area contributed by atoms with Crippen LogP contribution in [0.2, 0.25) is 0 Å². The first kappa shape index (κ1) is 58.4. The van der Waals surface area contributed by atoms with E-state index in [1.807, 2.05) is 6.92 Å². The Balaban J connectivity index is 2.53. The van der Waals surface area contributed by atoms with Crippen LogP contribution in [0.5, 0.6) is 0 Å². The van der Waals surface area contributed by atoms with Crippen molar-refractivity contribution in [2.45, 2.75) is 285 Å². The summed E-state index contributed by atoms with van der Waals surface area (Å²) in [6.07, 6.45) is 44.1. The first-order valence-electron chi connectivity index (χ1n) is 27.7. The minimum atomic E-state index is -0.0140. The second kappa shape index (κ2) is 43.3. The third-order valence-electron chi connectivity index (χ3n) is 13.8. The van der Waals surface area contributed by atoms with Crippen LogP contribution in [0, 0.1) is 11.8 Å². The number of amides is 1. The molecule has 0 aromatic rings. The highest BCUT2D eigenvalue weighted by Crippen LogP contribution is 2.26. The Bertz CT molecular complexity index is 960. The summed E-state index contributed by atoms with van der Waals surface area (Å²) in [5, 5.41) is 0. The summed E-state index contributed by atoms with van der Waals surface area (Å²) in [5.74, 6) is 1.31. The first-order valence-corrected chi connectivity index (χ1v) is 27.7. The summed E-state index contributed by atoms with van der Waals surface area (Å²) >= 11 is 0. The minimum absolute atomic E-state index is 0.0140. The number of carbonyl (C=O) groups excluding carboxylic acids is 3. The van der Waals surface area contributed by atoms with Gasteiger partial charge in [0, 0.05) is 31.8 Å². The molecular weight excluding hydrogens is 769 g/mol. The standard InChI is InChI=1S/C55H106N2O5/c1-6-11-15-19-21-27-38-50(36-25-17-13-8-3)48-61-54(59)42-29-23-31-44-56(46-33-34-47-57(53(58)10-5)52-40-35-41-52)45-32-24-30-43-55(60)62-49-51(37-26-18-14-9-4)39-28-22-20-16-12-7-2/h50-52H,6-49H2,1-5H3. The maximum absolute atomic E-state index is 12.8. The van der Waals surface area contributed by atoms with Crippen molar-refractivity contribution in [3.05, 3.63) is 0 Å². The van der Waals surface area contributed by atoms with Gasteiger partial charge in [-0.1, -0.05) is 176 Å². The molecule has 0 bridgehead atoms. The number of unbranched alkanes of at least 4 members (excludes halogenated alkanes) is 21. The van der Waals surface area contributed by atoms with E-state index in [9.17, 15) is 14.4 Å². The van der Waals surface area contributed by atoms with Gasteiger partial charge in [-0.05, 0) is 115 Å². The van der Waals surface area contributed by atoms with Crippen molar-refractivity contribution in [2.75, 3.05) is 39.4 Å². The van der Waals surface area contributed by atoms with Crippen LogP contribution >= 0.6 is 0 Å². The maximum Gasteiger partial charge on any atom is 0.305 e. The van der Waals surface area contributed by atoms with Gasteiger partial charge >= 0.3 is 11.9 Å². The second-order valence-corrected chi connectivity index (χ2v) is 19.6. The predicted molar refractivity (Wildman–Crippen MR) is 265 cm³/mol. The van der Waals surface area contributed by atoms with Gasteiger partial charge in [-0.3, -0.25) is 14.4 Å². The SMILES string of the molecule is CCCCCCCCC(CCCCCC)COC(=O)CCCCCN(CCCCCC(=O)OCC(CCCCCC)CCCCCCCC)CCCCN(C(=O)CC)C1CCC1. The molecule has 1 aliphatic rings. The molecule has 0 heterocycles. The van der Waals surface area contributed by atoms with Crippen LogP contribution < -0.4 is 0 Å². The van der Waals surface area contributed by atoms with Gasteiger partial charge in [0.25, 0.3) is 0 Å². The number of nitrogens with zero attached hydrogens (tertiary/aromatic N) is 2. The molecule has 62 heavy (non-hydrogen) atoms. The lowest BCUT2D eigenvalue weighted by molar-refractivity contribution is -0.146. The van der Waals surface area contributed by atoms with E-state index >= 15 is 0 Å². The second-order valence-electron chi connectivity index (χ2n) is 19.6. The van der Waals surface area contributed by atoms with Crippen molar-refractivity contribution in [1.82, 2.24) is 9.80 Å². The third kappa shape index (κ3) is 33.8. The normalized spacial score (nSPS) is 13.9. The van der Waals surface area contributed by atoms with E-state index in [4.69, 9.17) is 9.47 Å². The lowest BCUT2D eigenvalue weighted by atomic mass is 9.91. The van der Waals surface area contributed by atoms with Crippen molar-refractivity contribution in [3.8, 4) is 0 Å². The zero-order chi connectivity index (χ0) is 45.1. The van der Waals surface area contributed by atoms with Gasteiger partial charge in [0.2, 0.25) is 5.91 Å². The average Bonchev–Trinajstić information content (AvgIpc) is 3.25. The highest BCUT2D eigenvalue weighted by molar-refractivity contribution is 5.76. The quantitative estimate of drug-likeness (QED) is 0.0448.